The molecule has 1 amide bonds. The van der Waals surface area contributed by atoms with Gasteiger partial charge in [-0.25, -0.2) is 0 Å². The Balaban J connectivity index is 1.61. The normalized spacial score (nSPS) is 22.1. The first-order valence-electron chi connectivity index (χ1n) is 7.51. The SMILES string of the molecule is O=C(c1cccc(C(F)(F)F)c1)N1CCC(OCC2CC2)C1. The lowest BCUT2D eigenvalue weighted by atomic mass is 10.1. The van der Waals surface area contributed by atoms with Gasteiger partial charge in [0.25, 0.3) is 5.91 Å². The van der Waals surface area contributed by atoms with Crippen molar-refractivity contribution in [3.63, 3.8) is 0 Å². The molecule has 1 aromatic carbocycles. The van der Waals surface area contributed by atoms with Gasteiger partial charge in [0.15, 0.2) is 0 Å². The maximum atomic E-state index is 12.7. The van der Waals surface area contributed by atoms with Crippen molar-refractivity contribution in [2.24, 2.45) is 5.92 Å². The fourth-order valence-corrected chi connectivity index (χ4v) is 2.62. The Bertz CT molecular complexity index is 555. The largest absolute Gasteiger partial charge is 0.416 e. The van der Waals surface area contributed by atoms with E-state index in [1.165, 1.54) is 25.0 Å². The molecule has 1 aliphatic heterocycles. The number of carbonyl (C=O) groups is 1. The van der Waals surface area contributed by atoms with Crippen molar-refractivity contribution in [3.8, 4) is 0 Å². The predicted octanol–water partition coefficient (Wildman–Crippen LogP) is 3.35. The average Bonchev–Trinajstić information content (AvgIpc) is 3.20. The van der Waals surface area contributed by atoms with Crippen LogP contribution in [-0.2, 0) is 10.9 Å². The Hall–Kier alpha value is -1.56. The van der Waals surface area contributed by atoms with E-state index in [4.69, 9.17) is 4.74 Å². The van der Waals surface area contributed by atoms with E-state index >= 15 is 0 Å². The van der Waals surface area contributed by atoms with Crippen LogP contribution in [-0.4, -0.2) is 36.6 Å². The summed E-state index contributed by atoms with van der Waals surface area (Å²) in [5.41, 5.74) is -0.711. The standard InChI is InChI=1S/C16H18F3NO2/c17-16(18,19)13-3-1-2-12(8-13)15(21)20-7-6-14(9-20)22-10-11-4-5-11/h1-3,8,11,14H,4-7,9-10H2. The van der Waals surface area contributed by atoms with Gasteiger partial charge in [0.1, 0.15) is 0 Å². The second kappa shape index (κ2) is 5.91. The Morgan fingerprint density at radius 2 is 2.05 bits per heavy atom. The molecule has 0 radical (unpaired) electrons. The Morgan fingerprint density at radius 1 is 1.27 bits per heavy atom. The summed E-state index contributed by atoms with van der Waals surface area (Å²) in [5, 5.41) is 0. The molecule has 1 saturated heterocycles. The number of rotatable bonds is 4. The summed E-state index contributed by atoms with van der Waals surface area (Å²) in [6.45, 7) is 1.72. The highest BCUT2D eigenvalue weighted by atomic mass is 19.4. The Kier molecular flexibility index (Phi) is 4.12. The highest BCUT2D eigenvalue weighted by Crippen LogP contribution is 2.31. The summed E-state index contributed by atoms with van der Waals surface area (Å²) >= 11 is 0. The minimum absolute atomic E-state index is 0.00958. The summed E-state index contributed by atoms with van der Waals surface area (Å²) in [6, 6.07) is 4.59. The molecule has 0 aromatic heterocycles. The third kappa shape index (κ3) is 3.61. The molecule has 6 heteroatoms. The van der Waals surface area contributed by atoms with Crippen molar-refractivity contribution in [3.05, 3.63) is 35.4 Å². The number of hydrogen-bond acceptors (Lipinski definition) is 2. The van der Waals surface area contributed by atoms with E-state index in [9.17, 15) is 18.0 Å². The summed E-state index contributed by atoms with van der Waals surface area (Å²) in [5.74, 6) is 0.303. The average molecular weight is 313 g/mol. The van der Waals surface area contributed by atoms with Crippen molar-refractivity contribution < 1.29 is 22.7 Å². The molecule has 0 bridgehead atoms. The highest BCUT2D eigenvalue weighted by Gasteiger charge is 2.33. The van der Waals surface area contributed by atoms with Gasteiger partial charge in [0.05, 0.1) is 11.7 Å². The van der Waals surface area contributed by atoms with Crippen LogP contribution in [0.5, 0.6) is 0 Å². The van der Waals surface area contributed by atoms with Gasteiger partial charge in [-0.15, -0.1) is 0 Å². The zero-order valence-corrected chi connectivity index (χ0v) is 12.1. The number of halogens is 3. The third-order valence-electron chi connectivity index (χ3n) is 4.13. The molecular formula is C16H18F3NO2. The predicted molar refractivity (Wildman–Crippen MR) is 74.4 cm³/mol. The van der Waals surface area contributed by atoms with E-state index in [-0.39, 0.29) is 17.6 Å². The summed E-state index contributed by atoms with van der Waals surface area (Å²) in [7, 11) is 0. The van der Waals surface area contributed by atoms with Crippen molar-refractivity contribution in [1.82, 2.24) is 4.90 Å². The van der Waals surface area contributed by atoms with Crippen molar-refractivity contribution in [2.75, 3.05) is 19.7 Å². The molecule has 1 saturated carbocycles. The minimum atomic E-state index is -4.43. The van der Waals surface area contributed by atoms with Crippen LogP contribution in [0.4, 0.5) is 13.2 Å². The van der Waals surface area contributed by atoms with Crippen molar-refractivity contribution >= 4 is 5.91 Å². The number of amides is 1. The molecule has 1 aromatic rings. The number of carbonyl (C=O) groups excluding carboxylic acids is 1. The van der Waals surface area contributed by atoms with E-state index in [2.05, 4.69) is 0 Å². The van der Waals surface area contributed by atoms with E-state index < -0.39 is 11.7 Å². The fraction of sp³-hybridized carbons (Fsp3) is 0.562. The molecule has 1 unspecified atom stereocenters. The van der Waals surface area contributed by atoms with E-state index in [0.29, 0.717) is 19.0 Å². The van der Waals surface area contributed by atoms with E-state index in [0.717, 1.165) is 25.2 Å². The van der Waals surface area contributed by atoms with Crippen LogP contribution in [0.2, 0.25) is 0 Å². The van der Waals surface area contributed by atoms with Gasteiger partial charge in [-0.1, -0.05) is 6.07 Å². The van der Waals surface area contributed by atoms with Crippen LogP contribution in [0.1, 0.15) is 35.2 Å². The zero-order valence-electron chi connectivity index (χ0n) is 12.1. The number of nitrogens with zero attached hydrogens (tertiary/aromatic N) is 1. The van der Waals surface area contributed by atoms with Gasteiger partial charge in [-0.2, -0.15) is 13.2 Å². The molecule has 0 spiro atoms. The molecule has 0 N–H and O–H groups in total. The van der Waals surface area contributed by atoms with Gasteiger partial charge >= 0.3 is 6.18 Å². The molecule has 1 atom stereocenters. The molecule has 2 aliphatic rings. The molecule has 1 heterocycles. The van der Waals surface area contributed by atoms with Gasteiger partial charge in [0.2, 0.25) is 0 Å². The van der Waals surface area contributed by atoms with Gasteiger partial charge in [-0.3, -0.25) is 4.79 Å². The topological polar surface area (TPSA) is 29.5 Å². The van der Waals surface area contributed by atoms with Crippen LogP contribution in [0.15, 0.2) is 24.3 Å². The monoisotopic (exact) mass is 313 g/mol. The van der Waals surface area contributed by atoms with Gasteiger partial charge in [0, 0.05) is 25.3 Å². The third-order valence-corrected chi connectivity index (χ3v) is 4.13. The maximum Gasteiger partial charge on any atom is 0.416 e. The summed E-state index contributed by atoms with van der Waals surface area (Å²) in [4.78, 5) is 13.9. The summed E-state index contributed by atoms with van der Waals surface area (Å²) in [6.07, 6.45) is -1.26. The van der Waals surface area contributed by atoms with Crippen LogP contribution < -0.4 is 0 Å². The molecule has 3 nitrogen and oxygen atoms in total. The maximum absolute atomic E-state index is 12.7. The highest BCUT2D eigenvalue weighted by molar-refractivity contribution is 5.94. The van der Waals surface area contributed by atoms with Gasteiger partial charge < -0.3 is 9.64 Å². The first-order chi connectivity index (χ1) is 10.4. The Morgan fingerprint density at radius 3 is 2.73 bits per heavy atom. The zero-order chi connectivity index (χ0) is 15.7. The number of alkyl halides is 3. The second-order valence-corrected chi connectivity index (χ2v) is 6.02. The van der Waals surface area contributed by atoms with Gasteiger partial charge in [-0.05, 0) is 43.4 Å². The molecule has 22 heavy (non-hydrogen) atoms. The first-order valence-corrected chi connectivity index (χ1v) is 7.51. The molecule has 120 valence electrons. The molecule has 1 aliphatic carbocycles. The van der Waals surface area contributed by atoms with Crippen LogP contribution >= 0.6 is 0 Å². The first kappa shape index (κ1) is 15.3. The lowest BCUT2D eigenvalue weighted by molar-refractivity contribution is -0.137. The number of hydrogen-bond donors (Lipinski definition) is 0. The van der Waals surface area contributed by atoms with Crippen molar-refractivity contribution in [2.45, 2.75) is 31.5 Å². The number of benzene rings is 1. The fourth-order valence-electron chi connectivity index (χ4n) is 2.62. The quantitative estimate of drug-likeness (QED) is 0.853. The lowest BCUT2D eigenvalue weighted by Gasteiger charge is -2.17. The summed E-state index contributed by atoms with van der Waals surface area (Å²) < 4.78 is 43.9. The lowest BCUT2D eigenvalue weighted by Crippen LogP contribution is -2.30. The molecule has 2 fully saturated rings. The van der Waals surface area contributed by atoms with Crippen molar-refractivity contribution in [1.29, 1.82) is 0 Å². The number of likely N-dealkylation sites (tertiary alicyclic amines) is 1. The van der Waals surface area contributed by atoms with Crippen LogP contribution in [0.25, 0.3) is 0 Å². The minimum Gasteiger partial charge on any atom is -0.376 e. The smallest absolute Gasteiger partial charge is 0.376 e. The second-order valence-electron chi connectivity index (χ2n) is 6.02. The molecule has 3 rings (SSSR count). The number of ether oxygens (including phenoxy) is 1. The van der Waals surface area contributed by atoms with E-state index in [1.807, 2.05) is 0 Å². The van der Waals surface area contributed by atoms with Crippen LogP contribution in [0.3, 0.4) is 0 Å². The molecular weight excluding hydrogens is 295 g/mol. The van der Waals surface area contributed by atoms with E-state index in [1.54, 1.807) is 4.90 Å². The Labute approximate surface area is 127 Å². The van der Waals surface area contributed by atoms with Crippen LogP contribution in [0, 0.1) is 5.92 Å².